The van der Waals surface area contributed by atoms with Crippen molar-refractivity contribution in [2.24, 2.45) is 0 Å². The first kappa shape index (κ1) is 79.9. The number of aromatic hydroxyl groups is 2. The number of hydrogen-bond acceptors (Lipinski definition) is 19. The second kappa shape index (κ2) is 33.7. The van der Waals surface area contributed by atoms with Crippen molar-refractivity contribution in [3.05, 3.63) is 272 Å². The summed E-state index contributed by atoms with van der Waals surface area (Å²) in [7, 11) is 8.39. The van der Waals surface area contributed by atoms with Gasteiger partial charge in [-0.25, -0.2) is 17.6 Å². The standard InChI is InChI=1S/C20H17FN2O4.C20H17FN2O3.C20H15FN2O3.C19H15FN2O4.CH4O.B.Na.H/c1-26-18-13-4-3-9-22-16(13)17(24)14-15(18)20(27-2)23(19(14)25)10-11-5-7-12(21)8-6-11;2*1-11-15-16(18(26-2)14-4-3-9-22-17(11)14)20(25)23(19(15)24)10-12-5-7-13(21)8-6-12;1-26-17-12-3-2-8-21-15(12)16(23)13-14(17)19(25)22(18(13)24)9-10-4-6-11(20)7-5-10;1-2;;;/h3-9,20,24H,10H2,1-2H3;3-9,20,25H,10H2,1-2H3;3-9H,10H2,1-2H3;2-8,19,23,25H,9H2,1H3;2H,1H3;;;/q;;;;;;+1;-1. The molecule has 3 radical (unpaired) electrons. The van der Waals surface area contributed by atoms with Gasteiger partial charge in [0.15, 0.2) is 30.2 Å². The Kier molecular flexibility index (Phi) is 24.7. The van der Waals surface area contributed by atoms with E-state index in [2.05, 4.69) is 19.9 Å². The molecule has 5 amide bonds. The predicted molar refractivity (Wildman–Crippen MR) is 390 cm³/mol. The molecule has 551 valence electrons. The fourth-order valence-corrected chi connectivity index (χ4v) is 13.8. The molecule has 0 saturated heterocycles. The molecule has 3 atom stereocenters. The molecule has 12 aromatic rings. The SMILES string of the molecule is CO.COc1c2c(c(C)c3ncccc13)C(=O)N(Cc1ccc(F)cc1)C2=O.COc1c2c(c(C)c3ncccc13)C(=O)N(Cc1ccc(F)cc1)C2O.COc1c2c(c(O)c3ncccc13)C(=O)N(Cc1ccc(F)cc1)C2O.COc1c2c(c(O)c3ncccc13)C(=O)N(Cc1ccc(F)cc1)C2OC.[B].[H-].[Na+]. The third kappa shape index (κ3) is 14.6. The maximum absolute atomic E-state index is 13.2. The van der Waals surface area contributed by atoms with E-state index in [0.29, 0.717) is 100 Å². The number of aryl methyl sites for hydroxylation is 2. The molecule has 0 aliphatic carbocycles. The molecule has 8 heterocycles. The van der Waals surface area contributed by atoms with E-state index in [1.165, 1.54) is 123 Å². The van der Waals surface area contributed by atoms with Gasteiger partial charge in [0, 0.05) is 88.6 Å². The number of carbonyl (C=O) groups is 5. The first-order chi connectivity index (χ1) is 51.6. The molecule has 3 unspecified atom stereocenters. The molecule has 4 aromatic heterocycles. The van der Waals surface area contributed by atoms with Crippen LogP contribution in [0.15, 0.2) is 170 Å². The van der Waals surface area contributed by atoms with Crippen molar-refractivity contribution in [2.75, 3.05) is 42.7 Å². The minimum absolute atomic E-state index is 0. The van der Waals surface area contributed by atoms with Crippen molar-refractivity contribution in [3.8, 4) is 34.5 Å². The number of rotatable bonds is 13. The zero-order chi connectivity index (χ0) is 76.4. The van der Waals surface area contributed by atoms with Gasteiger partial charge in [-0.3, -0.25) is 48.8 Å². The number of ether oxygens (including phenoxy) is 5. The quantitative estimate of drug-likeness (QED) is 0.0408. The summed E-state index contributed by atoms with van der Waals surface area (Å²) in [6, 6.07) is 37.2. The van der Waals surface area contributed by atoms with Crippen molar-refractivity contribution in [2.45, 2.75) is 58.7 Å². The number of aliphatic hydroxyl groups is 3. The molecule has 4 aliphatic rings. The maximum atomic E-state index is 13.2. The number of carbonyl (C=O) groups excluding carboxylic acids is 5. The van der Waals surface area contributed by atoms with Crippen LogP contribution in [0.1, 0.15) is 122 Å². The smallest absolute Gasteiger partial charge is 1.00 e. The summed E-state index contributed by atoms with van der Waals surface area (Å²) in [4.78, 5) is 87.1. The summed E-state index contributed by atoms with van der Waals surface area (Å²) in [5.74, 6) is -2.44. The third-order valence-electron chi connectivity index (χ3n) is 18.7. The van der Waals surface area contributed by atoms with Gasteiger partial charge in [0.1, 0.15) is 57.3 Å². The van der Waals surface area contributed by atoms with Crippen molar-refractivity contribution >= 4 is 81.6 Å². The molecule has 0 spiro atoms. The molecule has 8 aromatic carbocycles. The second-order valence-corrected chi connectivity index (χ2v) is 24.6. The van der Waals surface area contributed by atoms with Gasteiger partial charge in [-0.15, -0.1) is 0 Å². The van der Waals surface area contributed by atoms with Crippen molar-refractivity contribution in [1.82, 2.24) is 39.5 Å². The largest absolute Gasteiger partial charge is 1.00 e. The first-order valence-corrected chi connectivity index (χ1v) is 33.0. The average Bonchev–Trinajstić information content (AvgIpc) is 1.59. The Morgan fingerprint density at radius 2 is 0.679 bits per heavy atom. The van der Waals surface area contributed by atoms with E-state index in [1.54, 1.807) is 92.1 Å². The fourth-order valence-electron chi connectivity index (χ4n) is 13.8. The number of hydrogen-bond donors (Lipinski definition) is 5. The van der Waals surface area contributed by atoms with Gasteiger partial charge in [-0.05, 0) is 144 Å². The van der Waals surface area contributed by atoms with Crippen LogP contribution < -0.4 is 48.5 Å². The fraction of sp³-hybridized carbons (Fsp3) is 0.188. The van der Waals surface area contributed by atoms with E-state index in [-0.39, 0.29) is 134 Å². The van der Waals surface area contributed by atoms with Gasteiger partial charge in [-0.2, -0.15) is 0 Å². The first-order valence-electron chi connectivity index (χ1n) is 33.0. The molecule has 4 aliphatic heterocycles. The van der Waals surface area contributed by atoms with E-state index in [1.807, 2.05) is 19.1 Å². The topological polar surface area (TPSA) is 297 Å². The van der Waals surface area contributed by atoms with Crippen molar-refractivity contribution < 1.29 is 122 Å². The molecule has 23 nitrogen and oxygen atoms in total. The van der Waals surface area contributed by atoms with E-state index >= 15 is 0 Å². The molecule has 0 saturated carbocycles. The van der Waals surface area contributed by atoms with Crippen molar-refractivity contribution in [3.63, 3.8) is 0 Å². The number of amides is 5. The van der Waals surface area contributed by atoms with Crippen LogP contribution in [0.5, 0.6) is 34.5 Å². The van der Waals surface area contributed by atoms with Crippen LogP contribution in [0.4, 0.5) is 17.6 Å². The van der Waals surface area contributed by atoms with Crippen LogP contribution in [0.3, 0.4) is 0 Å². The Balaban J connectivity index is 0.000000166. The zero-order valence-electron chi connectivity index (χ0n) is 61.2. The number of benzene rings is 8. The summed E-state index contributed by atoms with van der Waals surface area (Å²) in [6.07, 6.45) is 3.15. The summed E-state index contributed by atoms with van der Waals surface area (Å²) in [5.41, 5.74) is 8.18. The van der Waals surface area contributed by atoms with Crippen LogP contribution in [0.25, 0.3) is 43.6 Å². The van der Waals surface area contributed by atoms with Crippen LogP contribution in [0.2, 0.25) is 0 Å². The number of nitrogens with zero attached hydrogens (tertiary/aromatic N) is 8. The molecule has 16 rings (SSSR count). The summed E-state index contributed by atoms with van der Waals surface area (Å²) in [5, 5.41) is 52.4. The number of phenolic OH excluding ortho intramolecular Hbond substituents is 2. The molecule has 109 heavy (non-hydrogen) atoms. The van der Waals surface area contributed by atoms with Crippen LogP contribution in [-0.2, 0) is 30.9 Å². The van der Waals surface area contributed by atoms with Gasteiger partial charge >= 0.3 is 29.6 Å². The second-order valence-electron chi connectivity index (χ2n) is 24.6. The number of imide groups is 1. The van der Waals surface area contributed by atoms with Crippen molar-refractivity contribution in [1.29, 1.82) is 0 Å². The number of aromatic nitrogens is 4. The third-order valence-corrected chi connectivity index (χ3v) is 18.7. The molecule has 0 fully saturated rings. The van der Waals surface area contributed by atoms with Gasteiger partial charge in [0.25, 0.3) is 29.5 Å². The minimum Gasteiger partial charge on any atom is -1.00 e. The van der Waals surface area contributed by atoms with Gasteiger partial charge in [0.2, 0.25) is 0 Å². The van der Waals surface area contributed by atoms with E-state index < -0.39 is 42.3 Å². The Hall–Kier alpha value is -11.6. The average molecular weight is 1490 g/mol. The van der Waals surface area contributed by atoms with E-state index in [0.717, 1.165) is 28.5 Å². The number of aliphatic hydroxyl groups excluding tert-OH is 3. The van der Waals surface area contributed by atoms with Crippen LogP contribution in [0, 0.1) is 37.1 Å². The Bertz CT molecular complexity index is 5350. The molecule has 29 heteroatoms. The predicted octanol–water partition coefficient (Wildman–Crippen LogP) is 9.29. The molecular formula is C80H69BF4N8NaO15. The van der Waals surface area contributed by atoms with Gasteiger partial charge in [-0.1, -0.05) is 48.5 Å². The van der Waals surface area contributed by atoms with E-state index in [4.69, 9.17) is 28.8 Å². The van der Waals surface area contributed by atoms with Crippen LogP contribution in [-0.4, -0.2) is 146 Å². The monoisotopic (exact) mass is 1490 g/mol. The molecular weight excluding hydrogens is 1420 g/mol. The molecule has 0 bridgehead atoms. The summed E-state index contributed by atoms with van der Waals surface area (Å²) >= 11 is 0. The summed E-state index contributed by atoms with van der Waals surface area (Å²) in [6.45, 7) is 4.08. The maximum Gasteiger partial charge on any atom is 1.00 e. The number of halogens is 4. The summed E-state index contributed by atoms with van der Waals surface area (Å²) < 4.78 is 80.1. The van der Waals surface area contributed by atoms with Gasteiger partial charge < -0.3 is 65.3 Å². The van der Waals surface area contributed by atoms with Crippen LogP contribution >= 0.6 is 0 Å². The number of phenols is 2. The number of pyridine rings is 4. The number of methoxy groups -OCH3 is 5. The van der Waals surface area contributed by atoms with E-state index in [9.17, 15) is 62.0 Å². The Labute approximate surface area is 646 Å². The van der Waals surface area contributed by atoms with Gasteiger partial charge in [0.05, 0.1) is 90.5 Å². The Morgan fingerprint density at radius 3 is 1.06 bits per heavy atom. The Morgan fingerprint density at radius 1 is 0.385 bits per heavy atom. The zero-order valence-corrected chi connectivity index (χ0v) is 62.2. The normalized spacial score (nSPS) is 15.0. The minimum atomic E-state index is -1.30. The molecule has 5 N–H and O–H groups in total. The number of fused-ring (bicyclic) bond motifs is 8.